The van der Waals surface area contributed by atoms with Crippen LogP contribution in [0.4, 0.5) is 14.9 Å². The fourth-order valence-electron chi connectivity index (χ4n) is 4.22. The second-order valence-corrected chi connectivity index (χ2v) is 7.81. The Balaban J connectivity index is 1.56. The van der Waals surface area contributed by atoms with E-state index in [0.717, 1.165) is 38.0 Å². The number of halogens is 1. The minimum atomic E-state index is -0.469. The average Bonchev–Trinajstić information content (AvgIpc) is 2.78. The Hall–Kier alpha value is -2.93. The number of methoxy groups -OCH3 is 1. The van der Waals surface area contributed by atoms with E-state index < -0.39 is 12.1 Å². The molecule has 3 aliphatic heterocycles. The van der Waals surface area contributed by atoms with Crippen LogP contribution in [0.25, 0.3) is 0 Å². The summed E-state index contributed by atoms with van der Waals surface area (Å²) >= 11 is 0. The molecular formula is C23H25FN2O4. The van der Waals surface area contributed by atoms with Crippen LogP contribution >= 0.6 is 0 Å². The molecule has 2 bridgehead atoms. The van der Waals surface area contributed by atoms with Crippen molar-refractivity contribution in [3.05, 3.63) is 65.5 Å². The molecule has 3 saturated heterocycles. The van der Waals surface area contributed by atoms with Crippen LogP contribution in [-0.2, 0) is 16.0 Å². The van der Waals surface area contributed by atoms with Gasteiger partial charge >= 0.3 is 12.1 Å². The third kappa shape index (κ3) is 4.46. The van der Waals surface area contributed by atoms with E-state index in [2.05, 4.69) is 4.90 Å². The minimum absolute atomic E-state index is 0.135. The van der Waals surface area contributed by atoms with Gasteiger partial charge in [-0.25, -0.2) is 14.0 Å². The van der Waals surface area contributed by atoms with E-state index in [4.69, 9.17) is 9.47 Å². The van der Waals surface area contributed by atoms with E-state index >= 15 is 0 Å². The summed E-state index contributed by atoms with van der Waals surface area (Å²) in [5, 5.41) is 0. The maximum atomic E-state index is 13.4. The number of carbonyl (C=O) groups excluding carboxylic acids is 2. The fourth-order valence-corrected chi connectivity index (χ4v) is 4.22. The Morgan fingerprint density at radius 2 is 1.87 bits per heavy atom. The lowest BCUT2D eigenvalue weighted by Gasteiger charge is -2.44. The lowest BCUT2D eigenvalue weighted by atomic mass is 9.86. The van der Waals surface area contributed by atoms with Crippen molar-refractivity contribution >= 4 is 17.7 Å². The van der Waals surface area contributed by atoms with E-state index in [1.807, 2.05) is 6.07 Å². The van der Waals surface area contributed by atoms with Gasteiger partial charge in [0.1, 0.15) is 11.9 Å². The van der Waals surface area contributed by atoms with Crippen LogP contribution in [0.15, 0.2) is 48.5 Å². The first kappa shape index (κ1) is 20.3. The SMILES string of the molecule is COC(=O)c1cccc(CN(C(=O)OC2CN3CCC2CC3)c2ccc(F)cc2)c1. The topological polar surface area (TPSA) is 59.1 Å². The molecule has 0 aliphatic carbocycles. The Kier molecular flexibility index (Phi) is 5.99. The zero-order valence-electron chi connectivity index (χ0n) is 16.9. The number of benzene rings is 2. The van der Waals surface area contributed by atoms with Gasteiger partial charge in [0, 0.05) is 12.2 Å². The molecular weight excluding hydrogens is 387 g/mol. The number of piperidine rings is 3. The van der Waals surface area contributed by atoms with Crippen LogP contribution in [0, 0.1) is 11.7 Å². The predicted molar refractivity (Wildman–Crippen MR) is 110 cm³/mol. The summed E-state index contributed by atoms with van der Waals surface area (Å²) in [5.41, 5.74) is 1.68. The molecule has 3 heterocycles. The molecule has 1 atom stereocenters. The van der Waals surface area contributed by atoms with Crippen molar-refractivity contribution in [2.24, 2.45) is 5.92 Å². The van der Waals surface area contributed by atoms with Gasteiger partial charge < -0.3 is 9.47 Å². The highest BCUT2D eigenvalue weighted by atomic mass is 19.1. The molecule has 3 fully saturated rings. The van der Waals surface area contributed by atoms with Crippen molar-refractivity contribution in [1.82, 2.24) is 4.90 Å². The van der Waals surface area contributed by atoms with Crippen molar-refractivity contribution in [1.29, 1.82) is 0 Å². The van der Waals surface area contributed by atoms with Crippen LogP contribution in [-0.4, -0.2) is 49.8 Å². The predicted octanol–water partition coefficient (Wildman–Crippen LogP) is 3.85. The number of esters is 1. The normalized spacial score (nSPS) is 22.4. The van der Waals surface area contributed by atoms with Crippen molar-refractivity contribution in [3.63, 3.8) is 0 Å². The third-order valence-electron chi connectivity index (χ3n) is 5.90. The Morgan fingerprint density at radius 3 is 2.50 bits per heavy atom. The molecule has 2 aromatic rings. The molecule has 0 N–H and O–H groups in total. The molecule has 5 rings (SSSR count). The second-order valence-electron chi connectivity index (χ2n) is 7.81. The maximum Gasteiger partial charge on any atom is 0.414 e. The highest BCUT2D eigenvalue weighted by Crippen LogP contribution is 2.30. The molecule has 0 radical (unpaired) electrons. The van der Waals surface area contributed by atoms with Crippen LogP contribution in [0.5, 0.6) is 0 Å². The molecule has 30 heavy (non-hydrogen) atoms. The monoisotopic (exact) mass is 412 g/mol. The second kappa shape index (κ2) is 8.83. The first-order valence-electron chi connectivity index (χ1n) is 10.2. The van der Waals surface area contributed by atoms with Gasteiger partial charge in [-0.15, -0.1) is 0 Å². The van der Waals surface area contributed by atoms with E-state index in [9.17, 15) is 14.0 Å². The quantitative estimate of drug-likeness (QED) is 0.699. The largest absolute Gasteiger partial charge is 0.465 e. The first-order chi connectivity index (χ1) is 14.5. The molecule has 3 aliphatic rings. The summed E-state index contributed by atoms with van der Waals surface area (Å²) < 4.78 is 24.1. The number of anilines is 1. The van der Waals surface area contributed by atoms with Gasteiger partial charge in [-0.2, -0.15) is 0 Å². The summed E-state index contributed by atoms with van der Waals surface area (Å²) in [6, 6.07) is 12.6. The van der Waals surface area contributed by atoms with E-state index in [0.29, 0.717) is 17.2 Å². The van der Waals surface area contributed by atoms with Gasteiger partial charge in [0.15, 0.2) is 0 Å². The average molecular weight is 412 g/mol. The van der Waals surface area contributed by atoms with Crippen LogP contribution < -0.4 is 4.90 Å². The van der Waals surface area contributed by atoms with Gasteiger partial charge in [0.05, 0.1) is 19.2 Å². The minimum Gasteiger partial charge on any atom is -0.465 e. The summed E-state index contributed by atoms with van der Waals surface area (Å²) in [6.07, 6.45) is 1.47. The Morgan fingerprint density at radius 1 is 1.13 bits per heavy atom. The molecule has 1 amide bonds. The summed E-state index contributed by atoms with van der Waals surface area (Å²) in [7, 11) is 1.32. The van der Waals surface area contributed by atoms with Crippen molar-refractivity contribution in [2.75, 3.05) is 31.6 Å². The highest BCUT2D eigenvalue weighted by molar-refractivity contribution is 5.90. The zero-order chi connectivity index (χ0) is 21.1. The van der Waals surface area contributed by atoms with Gasteiger partial charge in [-0.1, -0.05) is 12.1 Å². The third-order valence-corrected chi connectivity index (χ3v) is 5.90. The van der Waals surface area contributed by atoms with Gasteiger partial charge in [0.2, 0.25) is 0 Å². The number of nitrogens with zero attached hydrogens (tertiary/aromatic N) is 2. The number of hydrogen-bond acceptors (Lipinski definition) is 5. The fraction of sp³-hybridized carbons (Fsp3) is 0.391. The molecule has 6 nitrogen and oxygen atoms in total. The lowest BCUT2D eigenvalue weighted by Crippen LogP contribution is -2.53. The van der Waals surface area contributed by atoms with Gasteiger partial charge in [0.25, 0.3) is 0 Å². The number of amides is 1. The van der Waals surface area contributed by atoms with E-state index in [1.165, 1.54) is 24.1 Å². The van der Waals surface area contributed by atoms with E-state index in [-0.39, 0.29) is 18.5 Å². The highest BCUT2D eigenvalue weighted by Gasteiger charge is 2.37. The Labute approximate surface area is 175 Å². The molecule has 0 aromatic heterocycles. The summed E-state index contributed by atoms with van der Waals surface area (Å²) in [5.74, 6) is -0.436. The standard InChI is InChI=1S/C23H25FN2O4/c1-29-22(27)18-4-2-3-16(13-18)14-26(20-7-5-19(24)6-8-20)23(28)30-21-15-25-11-9-17(21)10-12-25/h2-8,13,17,21H,9-12,14-15H2,1H3. The van der Waals surface area contributed by atoms with Crippen molar-refractivity contribution in [2.45, 2.75) is 25.5 Å². The van der Waals surface area contributed by atoms with Crippen LogP contribution in [0.2, 0.25) is 0 Å². The van der Waals surface area contributed by atoms with E-state index in [1.54, 1.807) is 30.3 Å². The van der Waals surface area contributed by atoms with Crippen LogP contribution in [0.3, 0.4) is 0 Å². The molecule has 7 heteroatoms. The number of hydrogen-bond donors (Lipinski definition) is 0. The molecule has 0 saturated carbocycles. The first-order valence-corrected chi connectivity index (χ1v) is 10.2. The van der Waals surface area contributed by atoms with Gasteiger partial charge in [-0.05, 0) is 73.8 Å². The summed E-state index contributed by atoms with van der Waals surface area (Å²) in [6.45, 7) is 3.06. The van der Waals surface area contributed by atoms with Gasteiger partial charge in [-0.3, -0.25) is 9.80 Å². The molecule has 158 valence electrons. The maximum absolute atomic E-state index is 13.4. The smallest absolute Gasteiger partial charge is 0.414 e. The number of carbonyl (C=O) groups is 2. The number of rotatable bonds is 5. The number of fused-ring (bicyclic) bond motifs is 3. The Bertz CT molecular complexity index is 910. The zero-order valence-corrected chi connectivity index (χ0v) is 16.9. The molecule has 1 unspecified atom stereocenters. The molecule has 0 spiro atoms. The summed E-state index contributed by atoms with van der Waals surface area (Å²) in [4.78, 5) is 28.8. The molecule has 2 aromatic carbocycles. The van der Waals surface area contributed by atoms with Crippen molar-refractivity contribution < 1.29 is 23.5 Å². The van der Waals surface area contributed by atoms with Crippen molar-refractivity contribution in [3.8, 4) is 0 Å². The lowest BCUT2D eigenvalue weighted by molar-refractivity contribution is -0.0311. The number of ether oxygens (including phenoxy) is 2. The van der Waals surface area contributed by atoms with Crippen LogP contribution in [0.1, 0.15) is 28.8 Å².